The van der Waals surface area contributed by atoms with E-state index in [-0.39, 0.29) is 18.7 Å². The molecule has 1 aromatic rings. The van der Waals surface area contributed by atoms with E-state index in [2.05, 4.69) is 0 Å². The minimum Gasteiger partial charge on any atom is -0.410 e. The summed E-state index contributed by atoms with van der Waals surface area (Å²) < 4.78 is 5.29. The van der Waals surface area contributed by atoms with Gasteiger partial charge in [0.15, 0.2) is 0 Å². The molecule has 17 heavy (non-hydrogen) atoms. The predicted octanol–water partition coefficient (Wildman–Crippen LogP) is 1.95. The molecule has 1 aliphatic rings. The Bertz CT molecular complexity index is 405. The Morgan fingerprint density at radius 2 is 2.41 bits per heavy atom. The van der Waals surface area contributed by atoms with Gasteiger partial charge in [-0.05, 0) is 37.5 Å². The van der Waals surface area contributed by atoms with Gasteiger partial charge in [-0.25, -0.2) is 4.79 Å². The van der Waals surface area contributed by atoms with Gasteiger partial charge in [0, 0.05) is 6.54 Å². The van der Waals surface area contributed by atoms with Crippen molar-refractivity contribution in [2.24, 2.45) is 0 Å². The predicted molar refractivity (Wildman–Crippen MR) is 64.0 cm³/mol. The molecule has 1 amide bonds. The molecule has 1 saturated heterocycles. The Balaban J connectivity index is 2.01. The smallest absolute Gasteiger partial charge is 0.410 e. The minimum absolute atomic E-state index is 0.00289. The first-order valence-corrected chi connectivity index (χ1v) is 5.86. The third-order valence-electron chi connectivity index (χ3n) is 3.02. The summed E-state index contributed by atoms with van der Waals surface area (Å²) in [5.74, 6) is 0.554. The number of hydrogen-bond donors (Lipinski definition) is 1. The lowest BCUT2D eigenvalue weighted by atomic mass is 10.2. The van der Waals surface area contributed by atoms with E-state index in [1.54, 1.807) is 11.0 Å². The molecule has 4 heteroatoms. The van der Waals surface area contributed by atoms with Gasteiger partial charge in [0.1, 0.15) is 5.75 Å². The number of carbonyl (C=O) groups is 1. The second-order valence-electron chi connectivity index (χ2n) is 4.36. The van der Waals surface area contributed by atoms with E-state index >= 15 is 0 Å². The maximum atomic E-state index is 11.9. The number of ether oxygens (including phenoxy) is 1. The first-order valence-electron chi connectivity index (χ1n) is 5.86. The first-order chi connectivity index (χ1) is 8.20. The number of aliphatic hydroxyl groups is 1. The molecule has 1 heterocycles. The third-order valence-corrected chi connectivity index (χ3v) is 3.02. The van der Waals surface area contributed by atoms with Gasteiger partial charge in [0.05, 0.1) is 12.6 Å². The molecule has 0 saturated carbocycles. The van der Waals surface area contributed by atoms with Crippen molar-refractivity contribution in [1.82, 2.24) is 4.90 Å². The summed E-state index contributed by atoms with van der Waals surface area (Å²) in [5, 5.41) is 9.15. The maximum absolute atomic E-state index is 11.9. The van der Waals surface area contributed by atoms with Crippen LogP contribution in [0.1, 0.15) is 18.4 Å². The summed E-state index contributed by atoms with van der Waals surface area (Å²) in [6.07, 6.45) is 1.40. The Morgan fingerprint density at radius 3 is 3.12 bits per heavy atom. The summed E-state index contributed by atoms with van der Waals surface area (Å²) in [4.78, 5) is 13.5. The van der Waals surface area contributed by atoms with Gasteiger partial charge in [-0.3, -0.25) is 0 Å². The van der Waals surface area contributed by atoms with E-state index in [0.29, 0.717) is 12.3 Å². The molecule has 1 unspecified atom stereocenters. The Morgan fingerprint density at radius 1 is 1.59 bits per heavy atom. The lowest BCUT2D eigenvalue weighted by Crippen LogP contribution is -2.39. The van der Waals surface area contributed by atoms with Crippen LogP contribution in [0.4, 0.5) is 4.79 Å². The van der Waals surface area contributed by atoms with Gasteiger partial charge in [-0.2, -0.15) is 0 Å². The fourth-order valence-electron chi connectivity index (χ4n) is 2.10. The Labute approximate surface area is 101 Å². The number of rotatable bonds is 2. The van der Waals surface area contributed by atoms with Crippen LogP contribution in [-0.2, 0) is 0 Å². The monoisotopic (exact) mass is 235 g/mol. The van der Waals surface area contributed by atoms with Crippen LogP contribution in [0.15, 0.2) is 24.3 Å². The normalized spacial score (nSPS) is 19.4. The van der Waals surface area contributed by atoms with Crippen molar-refractivity contribution in [1.29, 1.82) is 0 Å². The highest BCUT2D eigenvalue weighted by Gasteiger charge is 2.29. The van der Waals surface area contributed by atoms with E-state index in [9.17, 15) is 4.79 Å². The zero-order valence-corrected chi connectivity index (χ0v) is 9.93. The molecule has 0 aliphatic carbocycles. The molecule has 92 valence electrons. The third kappa shape index (κ3) is 2.77. The molecule has 1 aromatic carbocycles. The van der Waals surface area contributed by atoms with Crippen molar-refractivity contribution in [3.63, 3.8) is 0 Å². The number of nitrogens with zero attached hydrogens (tertiary/aromatic N) is 1. The Kier molecular flexibility index (Phi) is 3.64. The van der Waals surface area contributed by atoms with Crippen LogP contribution in [-0.4, -0.2) is 35.3 Å². The Hall–Kier alpha value is -1.55. The summed E-state index contributed by atoms with van der Waals surface area (Å²) in [7, 11) is 0. The van der Waals surface area contributed by atoms with Crippen LogP contribution in [0.5, 0.6) is 5.75 Å². The average Bonchev–Trinajstić information content (AvgIpc) is 2.77. The highest BCUT2D eigenvalue weighted by Crippen LogP contribution is 2.20. The zero-order chi connectivity index (χ0) is 12.3. The molecule has 0 bridgehead atoms. The summed E-state index contributed by atoms with van der Waals surface area (Å²) in [6, 6.07) is 7.29. The molecule has 0 radical (unpaired) electrons. The van der Waals surface area contributed by atoms with Gasteiger partial charge < -0.3 is 14.7 Å². The summed E-state index contributed by atoms with van der Waals surface area (Å²) in [5.41, 5.74) is 1.05. The molecule has 0 aromatic heterocycles. The first kappa shape index (κ1) is 11.9. The SMILES string of the molecule is Cc1cccc(OC(=O)N2CCCC2CO)c1. The molecular formula is C13H17NO3. The van der Waals surface area contributed by atoms with Crippen LogP contribution in [0.2, 0.25) is 0 Å². The maximum Gasteiger partial charge on any atom is 0.415 e. The van der Waals surface area contributed by atoms with Crippen LogP contribution < -0.4 is 4.74 Å². The molecule has 1 fully saturated rings. The van der Waals surface area contributed by atoms with Crippen molar-refractivity contribution in [3.05, 3.63) is 29.8 Å². The fourth-order valence-corrected chi connectivity index (χ4v) is 2.10. The van der Waals surface area contributed by atoms with Crippen LogP contribution in [0.3, 0.4) is 0 Å². The number of hydrogen-bond acceptors (Lipinski definition) is 3. The topological polar surface area (TPSA) is 49.8 Å². The lowest BCUT2D eigenvalue weighted by Gasteiger charge is -2.22. The van der Waals surface area contributed by atoms with Gasteiger partial charge in [0.25, 0.3) is 0 Å². The zero-order valence-electron chi connectivity index (χ0n) is 9.93. The van der Waals surface area contributed by atoms with Crippen molar-refractivity contribution >= 4 is 6.09 Å². The van der Waals surface area contributed by atoms with Gasteiger partial charge in [0.2, 0.25) is 0 Å². The second-order valence-corrected chi connectivity index (χ2v) is 4.36. The van der Waals surface area contributed by atoms with Crippen LogP contribution in [0.25, 0.3) is 0 Å². The quantitative estimate of drug-likeness (QED) is 0.852. The average molecular weight is 235 g/mol. The standard InChI is InChI=1S/C13H17NO3/c1-10-4-2-6-12(8-10)17-13(16)14-7-3-5-11(14)9-15/h2,4,6,8,11,15H,3,5,7,9H2,1H3. The van der Waals surface area contributed by atoms with Gasteiger partial charge >= 0.3 is 6.09 Å². The number of aryl methyl sites for hydroxylation is 1. The van der Waals surface area contributed by atoms with Crippen molar-refractivity contribution < 1.29 is 14.6 Å². The van der Waals surface area contributed by atoms with E-state index in [1.807, 2.05) is 25.1 Å². The van der Waals surface area contributed by atoms with Crippen LogP contribution in [0, 0.1) is 6.92 Å². The number of likely N-dealkylation sites (tertiary alicyclic amines) is 1. The lowest BCUT2D eigenvalue weighted by molar-refractivity contribution is 0.124. The molecule has 1 aliphatic heterocycles. The highest BCUT2D eigenvalue weighted by atomic mass is 16.6. The fraction of sp³-hybridized carbons (Fsp3) is 0.462. The van der Waals surface area contributed by atoms with Crippen molar-refractivity contribution in [2.75, 3.05) is 13.2 Å². The number of aliphatic hydroxyl groups excluding tert-OH is 1. The molecule has 1 N–H and O–H groups in total. The van der Waals surface area contributed by atoms with E-state index in [0.717, 1.165) is 18.4 Å². The van der Waals surface area contributed by atoms with Crippen molar-refractivity contribution in [2.45, 2.75) is 25.8 Å². The molecule has 2 rings (SSSR count). The van der Waals surface area contributed by atoms with Crippen molar-refractivity contribution in [3.8, 4) is 5.75 Å². The summed E-state index contributed by atoms with van der Waals surface area (Å²) >= 11 is 0. The highest BCUT2D eigenvalue weighted by molar-refractivity contribution is 5.71. The van der Waals surface area contributed by atoms with E-state index in [1.165, 1.54) is 0 Å². The van der Waals surface area contributed by atoms with E-state index < -0.39 is 0 Å². The molecular weight excluding hydrogens is 218 g/mol. The number of amides is 1. The number of carbonyl (C=O) groups excluding carboxylic acids is 1. The van der Waals surface area contributed by atoms with Gasteiger partial charge in [-0.1, -0.05) is 12.1 Å². The molecule has 4 nitrogen and oxygen atoms in total. The largest absolute Gasteiger partial charge is 0.415 e. The second kappa shape index (κ2) is 5.19. The van der Waals surface area contributed by atoms with E-state index in [4.69, 9.17) is 9.84 Å². The van der Waals surface area contributed by atoms with Gasteiger partial charge in [-0.15, -0.1) is 0 Å². The molecule has 1 atom stereocenters. The number of benzene rings is 1. The minimum atomic E-state index is -0.368. The molecule has 0 spiro atoms. The summed E-state index contributed by atoms with van der Waals surface area (Å²) in [6.45, 7) is 2.61. The van der Waals surface area contributed by atoms with Crippen LogP contribution >= 0.6 is 0 Å².